The highest BCUT2D eigenvalue weighted by Crippen LogP contribution is 2.15. The van der Waals surface area contributed by atoms with Gasteiger partial charge in [0.2, 0.25) is 0 Å². The summed E-state index contributed by atoms with van der Waals surface area (Å²) in [6.45, 7) is 8.28. The monoisotopic (exact) mass is 398 g/mol. The van der Waals surface area contributed by atoms with Gasteiger partial charge in [-0.25, -0.2) is 0 Å². The highest BCUT2D eigenvalue weighted by molar-refractivity contribution is 5.75. The van der Waals surface area contributed by atoms with Crippen molar-refractivity contribution in [1.29, 1.82) is 0 Å². The maximum Gasteiger partial charge on any atom is 0.311 e. The third-order valence-corrected chi connectivity index (χ3v) is 3.96. The predicted molar refractivity (Wildman–Crippen MR) is 128 cm³/mol. The van der Waals surface area contributed by atoms with Crippen LogP contribution in [0.2, 0.25) is 0 Å². The first-order chi connectivity index (χ1) is 14.0. The van der Waals surface area contributed by atoms with Crippen molar-refractivity contribution in [2.24, 2.45) is 5.41 Å². The van der Waals surface area contributed by atoms with E-state index in [1.807, 2.05) is 20.8 Å². The van der Waals surface area contributed by atoms with Crippen molar-refractivity contribution in [2.75, 3.05) is 6.61 Å². The topological polar surface area (TPSA) is 26.3 Å². The molecule has 0 N–H and O–H groups in total. The Labute approximate surface area is 179 Å². The summed E-state index contributed by atoms with van der Waals surface area (Å²) in [5.41, 5.74) is -0.408. The molecule has 0 bridgehead atoms. The van der Waals surface area contributed by atoms with Gasteiger partial charge in [-0.05, 0) is 72.1 Å². The third-order valence-electron chi connectivity index (χ3n) is 3.96. The van der Waals surface area contributed by atoms with Crippen molar-refractivity contribution in [3.8, 4) is 0 Å². The molecule has 0 atom stereocenters. The van der Waals surface area contributed by atoms with Crippen LogP contribution in [-0.4, -0.2) is 12.6 Å². The van der Waals surface area contributed by atoms with E-state index in [0.717, 1.165) is 51.4 Å². The molecule has 0 aromatic rings. The fourth-order valence-corrected chi connectivity index (χ4v) is 2.22. The lowest BCUT2D eigenvalue weighted by Crippen LogP contribution is -2.23. The molecule has 0 radical (unpaired) electrons. The number of ether oxygens (including phenoxy) is 1. The van der Waals surface area contributed by atoms with Crippen LogP contribution in [0.3, 0.4) is 0 Å². The standard InChI is InChI=1S/C27H42O2/c1-5-6-7-8-9-10-11-12-13-14-15-16-17-18-19-20-21-22-23-24-25-29-26(28)27(2,3)4/h6-7,9-10,12-13,15-16,18-19,21-22H,5,8,11,14,17,20,23-25H2,1-4H3. The Hall–Kier alpha value is -2.09. The van der Waals surface area contributed by atoms with E-state index in [2.05, 4.69) is 79.8 Å². The quantitative estimate of drug-likeness (QED) is 0.158. The van der Waals surface area contributed by atoms with Crippen molar-refractivity contribution >= 4 is 5.97 Å². The van der Waals surface area contributed by atoms with E-state index in [1.54, 1.807) is 0 Å². The van der Waals surface area contributed by atoms with Crippen molar-refractivity contribution in [1.82, 2.24) is 0 Å². The second kappa shape index (κ2) is 19.2. The number of rotatable bonds is 15. The molecule has 0 saturated carbocycles. The first-order valence-electron chi connectivity index (χ1n) is 11.1. The van der Waals surface area contributed by atoms with Crippen molar-refractivity contribution in [3.05, 3.63) is 72.9 Å². The molecule has 0 unspecified atom stereocenters. The number of unbranched alkanes of at least 4 members (excludes halogenated alkanes) is 1. The summed E-state index contributed by atoms with van der Waals surface area (Å²) in [4.78, 5) is 11.6. The fraction of sp³-hybridized carbons (Fsp3) is 0.519. The Morgan fingerprint density at radius 2 is 1.03 bits per heavy atom. The molecule has 0 spiro atoms. The summed E-state index contributed by atoms with van der Waals surface area (Å²) in [7, 11) is 0. The lowest BCUT2D eigenvalue weighted by molar-refractivity contribution is -0.153. The van der Waals surface area contributed by atoms with Gasteiger partial charge in [-0.1, -0.05) is 79.8 Å². The molecule has 0 aliphatic rings. The van der Waals surface area contributed by atoms with Crippen LogP contribution in [0.15, 0.2) is 72.9 Å². The molecule has 0 aliphatic carbocycles. The van der Waals surface area contributed by atoms with Crippen LogP contribution in [0.4, 0.5) is 0 Å². The summed E-state index contributed by atoms with van der Waals surface area (Å²) in [6.07, 6.45) is 34.3. The molecular formula is C27H42O2. The van der Waals surface area contributed by atoms with E-state index >= 15 is 0 Å². The van der Waals surface area contributed by atoms with Crippen LogP contribution < -0.4 is 0 Å². The lowest BCUT2D eigenvalue weighted by atomic mass is 9.97. The number of hydrogen-bond acceptors (Lipinski definition) is 2. The molecule has 0 amide bonds. The number of esters is 1. The smallest absolute Gasteiger partial charge is 0.311 e. The van der Waals surface area contributed by atoms with Gasteiger partial charge < -0.3 is 4.74 Å². The first-order valence-corrected chi connectivity index (χ1v) is 11.1. The molecule has 2 heteroatoms. The second-order valence-corrected chi connectivity index (χ2v) is 7.94. The zero-order valence-electron chi connectivity index (χ0n) is 19.1. The van der Waals surface area contributed by atoms with Gasteiger partial charge in [0.05, 0.1) is 12.0 Å². The number of allylic oxidation sites excluding steroid dienone is 12. The van der Waals surface area contributed by atoms with Gasteiger partial charge in [-0.2, -0.15) is 0 Å². The Morgan fingerprint density at radius 1 is 0.655 bits per heavy atom. The van der Waals surface area contributed by atoms with E-state index in [1.165, 1.54) is 0 Å². The molecule has 2 nitrogen and oxygen atoms in total. The van der Waals surface area contributed by atoms with E-state index in [0.29, 0.717) is 6.61 Å². The van der Waals surface area contributed by atoms with E-state index in [4.69, 9.17) is 4.74 Å². The van der Waals surface area contributed by atoms with E-state index < -0.39 is 5.41 Å². The minimum absolute atomic E-state index is 0.125. The number of hydrogen-bond donors (Lipinski definition) is 0. The second-order valence-electron chi connectivity index (χ2n) is 7.94. The van der Waals surface area contributed by atoms with Gasteiger partial charge >= 0.3 is 5.97 Å². The van der Waals surface area contributed by atoms with Gasteiger partial charge in [-0.3, -0.25) is 4.79 Å². The molecule has 0 aromatic heterocycles. The van der Waals surface area contributed by atoms with Crippen LogP contribution in [0.5, 0.6) is 0 Å². The Kier molecular flexibility index (Phi) is 17.8. The predicted octanol–water partition coefficient (Wildman–Crippen LogP) is 8.05. The summed E-state index contributed by atoms with van der Waals surface area (Å²) in [6, 6.07) is 0. The molecule has 0 fully saturated rings. The minimum atomic E-state index is -0.408. The molecule has 0 rings (SSSR count). The van der Waals surface area contributed by atoms with Gasteiger partial charge in [-0.15, -0.1) is 0 Å². The lowest BCUT2D eigenvalue weighted by Gasteiger charge is -2.16. The minimum Gasteiger partial charge on any atom is -0.465 e. The molecule has 0 aliphatic heterocycles. The fourth-order valence-electron chi connectivity index (χ4n) is 2.22. The summed E-state index contributed by atoms with van der Waals surface area (Å²) in [5, 5.41) is 0. The van der Waals surface area contributed by atoms with Gasteiger partial charge in [0.1, 0.15) is 0 Å². The zero-order chi connectivity index (χ0) is 21.6. The summed E-state index contributed by atoms with van der Waals surface area (Å²) >= 11 is 0. The molecular weight excluding hydrogens is 356 g/mol. The highest BCUT2D eigenvalue weighted by Gasteiger charge is 2.22. The highest BCUT2D eigenvalue weighted by atomic mass is 16.5. The Morgan fingerprint density at radius 3 is 1.41 bits per heavy atom. The van der Waals surface area contributed by atoms with Gasteiger partial charge in [0.15, 0.2) is 0 Å². The van der Waals surface area contributed by atoms with Crippen LogP contribution in [-0.2, 0) is 9.53 Å². The van der Waals surface area contributed by atoms with Crippen molar-refractivity contribution in [2.45, 2.75) is 79.1 Å². The average Bonchev–Trinajstić information content (AvgIpc) is 2.68. The SMILES string of the molecule is CCC=CCC=CCC=CCC=CCC=CCC=CCCCOC(=O)C(C)(C)C. The summed E-state index contributed by atoms with van der Waals surface area (Å²) in [5.74, 6) is -0.125. The van der Waals surface area contributed by atoms with E-state index in [9.17, 15) is 4.79 Å². The molecule has 0 heterocycles. The maximum atomic E-state index is 11.6. The Bertz CT molecular complexity index is 566. The number of carbonyl (C=O) groups is 1. The molecule has 162 valence electrons. The average molecular weight is 399 g/mol. The Balaban J connectivity index is 3.57. The van der Waals surface area contributed by atoms with Crippen LogP contribution in [0.1, 0.15) is 79.1 Å². The third kappa shape index (κ3) is 20.5. The van der Waals surface area contributed by atoms with Crippen LogP contribution in [0.25, 0.3) is 0 Å². The largest absolute Gasteiger partial charge is 0.465 e. The van der Waals surface area contributed by atoms with Crippen molar-refractivity contribution in [3.63, 3.8) is 0 Å². The van der Waals surface area contributed by atoms with Crippen LogP contribution >= 0.6 is 0 Å². The maximum absolute atomic E-state index is 11.6. The number of carbonyl (C=O) groups excluding carboxylic acids is 1. The summed E-state index contributed by atoms with van der Waals surface area (Å²) < 4.78 is 5.24. The molecule has 0 saturated heterocycles. The molecule has 29 heavy (non-hydrogen) atoms. The first kappa shape index (κ1) is 26.9. The van der Waals surface area contributed by atoms with Crippen molar-refractivity contribution < 1.29 is 9.53 Å². The van der Waals surface area contributed by atoms with E-state index in [-0.39, 0.29) is 5.97 Å². The van der Waals surface area contributed by atoms with Gasteiger partial charge in [0, 0.05) is 0 Å². The zero-order valence-corrected chi connectivity index (χ0v) is 19.1. The molecule has 0 aromatic carbocycles. The van der Waals surface area contributed by atoms with Crippen LogP contribution in [0, 0.1) is 5.41 Å². The normalized spacial score (nSPS) is 13.4. The van der Waals surface area contributed by atoms with Gasteiger partial charge in [0.25, 0.3) is 0 Å².